The number of imidazole rings is 1. The Balaban J connectivity index is 2.55. The van der Waals surface area contributed by atoms with E-state index in [1.165, 1.54) is 0 Å². The minimum Gasteiger partial charge on any atom is -0.497 e. The first-order valence-corrected chi connectivity index (χ1v) is 5.48. The lowest BCUT2D eigenvalue weighted by molar-refractivity contribution is 0.395. The van der Waals surface area contributed by atoms with Gasteiger partial charge in [0, 0.05) is 17.3 Å². The van der Waals surface area contributed by atoms with E-state index in [9.17, 15) is 0 Å². The molecule has 90 valence electrons. The summed E-state index contributed by atoms with van der Waals surface area (Å²) in [6.07, 6.45) is 0. The van der Waals surface area contributed by atoms with Crippen molar-refractivity contribution in [3.05, 3.63) is 29.2 Å². The lowest BCUT2D eigenvalue weighted by Crippen LogP contribution is -1.91. The van der Waals surface area contributed by atoms with Crippen molar-refractivity contribution in [1.82, 2.24) is 9.97 Å². The summed E-state index contributed by atoms with van der Waals surface area (Å²) in [5.41, 5.74) is 2.57. The summed E-state index contributed by atoms with van der Waals surface area (Å²) in [6, 6.07) is 5.58. The zero-order valence-electron chi connectivity index (χ0n) is 9.87. The van der Waals surface area contributed by atoms with Crippen LogP contribution in [0.5, 0.6) is 11.5 Å². The summed E-state index contributed by atoms with van der Waals surface area (Å²) in [5.74, 6) is 1.44. The van der Waals surface area contributed by atoms with Gasteiger partial charge in [-0.1, -0.05) is 0 Å². The van der Waals surface area contributed by atoms with Crippen molar-refractivity contribution in [2.75, 3.05) is 14.2 Å². The van der Waals surface area contributed by atoms with Crippen molar-refractivity contribution >= 4 is 11.6 Å². The van der Waals surface area contributed by atoms with Crippen molar-refractivity contribution in [3.63, 3.8) is 0 Å². The third-order valence-electron chi connectivity index (χ3n) is 2.52. The summed E-state index contributed by atoms with van der Waals surface area (Å²) in [4.78, 5) is 7.19. The normalized spacial score (nSPS) is 10.4. The van der Waals surface area contributed by atoms with Gasteiger partial charge in [-0.2, -0.15) is 0 Å². The molecule has 0 aliphatic heterocycles. The zero-order chi connectivity index (χ0) is 12.4. The monoisotopic (exact) mass is 252 g/mol. The van der Waals surface area contributed by atoms with Crippen LogP contribution in [0.25, 0.3) is 11.3 Å². The molecule has 2 aromatic rings. The summed E-state index contributed by atoms with van der Waals surface area (Å²) in [5, 5.41) is 0.371. The highest BCUT2D eigenvalue weighted by Crippen LogP contribution is 2.34. The number of nitrogens with zero attached hydrogens (tertiary/aromatic N) is 1. The largest absolute Gasteiger partial charge is 0.497 e. The first-order valence-electron chi connectivity index (χ1n) is 5.10. The Morgan fingerprint density at radius 1 is 1.24 bits per heavy atom. The maximum Gasteiger partial charge on any atom is 0.200 e. The number of aryl methyl sites for hydroxylation is 1. The van der Waals surface area contributed by atoms with Gasteiger partial charge in [-0.3, -0.25) is 0 Å². The second-order valence-electron chi connectivity index (χ2n) is 3.57. The van der Waals surface area contributed by atoms with Crippen molar-refractivity contribution in [1.29, 1.82) is 0 Å². The van der Waals surface area contributed by atoms with Crippen LogP contribution in [0.2, 0.25) is 5.28 Å². The fraction of sp³-hybridized carbons (Fsp3) is 0.250. The van der Waals surface area contributed by atoms with E-state index in [0.29, 0.717) is 11.0 Å². The molecule has 4 nitrogen and oxygen atoms in total. The zero-order valence-corrected chi connectivity index (χ0v) is 10.6. The Kier molecular flexibility index (Phi) is 3.24. The first-order chi connectivity index (χ1) is 8.15. The molecule has 0 radical (unpaired) electrons. The molecule has 17 heavy (non-hydrogen) atoms. The van der Waals surface area contributed by atoms with Crippen LogP contribution in [-0.4, -0.2) is 24.2 Å². The number of ether oxygens (including phenoxy) is 2. The van der Waals surface area contributed by atoms with E-state index in [0.717, 1.165) is 22.7 Å². The Bertz CT molecular complexity index is 537. The molecule has 1 aromatic carbocycles. The number of benzene rings is 1. The molecule has 0 atom stereocenters. The molecule has 0 fully saturated rings. The summed E-state index contributed by atoms with van der Waals surface area (Å²) in [6.45, 7) is 1.91. The number of halogens is 1. The minimum absolute atomic E-state index is 0.371. The Morgan fingerprint density at radius 3 is 2.53 bits per heavy atom. The van der Waals surface area contributed by atoms with Gasteiger partial charge >= 0.3 is 0 Å². The van der Waals surface area contributed by atoms with E-state index in [4.69, 9.17) is 21.1 Å². The molecule has 0 amide bonds. The number of hydrogen-bond acceptors (Lipinski definition) is 3. The first kappa shape index (κ1) is 11.8. The lowest BCUT2D eigenvalue weighted by Gasteiger charge is -2.09. The van der Waals surface area contributed by atoms with Crippen LogP contribution in [0.4, 0.5) is 0 Å². The molecule has 0 unspecified atom stereocenters. The number of aromatic nitrogens is 2. The number of hydrogen-bond donors (Lipinski definition) is 1. The van der Waals surface area contributed by atoms with Crippen LogP contribution in [0.1, 0.15) is 5.69 Å². The van der Waals surface area contributed by atoms with E-state index in [-0.39, 0.29) is 0 Å². The van der Waals surface area contributed by atoms with Crippen LogP contribution in [0.3, 0.4) is 0 Å². The summed E-state index contributed by atoms with van der Waals surface area (Å²) in [7, 11) is 3.23. The standard InChI is InChI=1S/C12H13ClN2O2/c1-7-11(15-12(13)14-7)9-5-4-8(16-2)6-10(9)17-3/h4-6H,1-3H3,(H,14,15). The van der Waals surface area contributed by atoms with Crippen molar-refractivity contribution in [2.45, 2.75) is 6.92 Å². The molecular formula is C12H13ClN2O2. The molecule has 5 heteroatoms. The lowest BCUT2D eigenvalue weighted by atomic mass is 10.1. The highest BCUT2D eigenvalue weighted by atomic mass is 35.5. The van der Waals surface area contributed by atoms with Crippen LogP contribution >= 0.6 is 11.6 Å². The summed E-state index contributed by atoms with van der Waals surface area (Å²) >= 11 is 5.84. The Morgan fingerprint density at radius 2 is 2.00 bits per heavy atom. The Hall–Kier alpha value is -1.68. The molecule has 0 bridgehead atoms. The minimum atomic E-state index is 0.371. The molecule has 0 saturated carbocycles. The van der Waals surface area contributed by atoms with Gasteiger partial charge in [0.1, 0.15) is 11.5 Å². The van der Waals surface area contributed by atoms with Crippen LogP contribution in [0, 0.1) is 6.92 Å². The van der Waals surface area contributed by atoms with E-state index in [2.05, 4.69) is 9.97 Å². The fourth-order valence-corrected chi connectivity index (χ4v) is 1.91. The molecule has 0 aliphatic carbocycles. The van der Waals surface area contributed by atoms with Gasteiger partial charge in [-0.25, -0.2) is 4.98 Å². The topological polar surface area (TPSA) is 47.1 Å². The van der Waals surface area contributed by atoms with Gasteiger partial charge in [-0.15, -0.1) is 0 Å². The Labute approximate surface area is 105 Å². The van der Waals surface area contributed by atoms with Crippen LogP contribution in [-0.2, 0) is 0 Å². The molecule has 1 N–H and O–H groups in total. The molecule has 0 saturated heterocycles. The predicted octanol–water partition coefficient (Wildman–Crippen LogP) is 3.06. The third-order valence-corrected chi connectivity index (χ3v) is 2.70. The average molecular weight is 253 g/mol. The van der Waals surface area contributed by atoms with Crippen LogP contribution < -0.4 is 9.47 Å². The van der Waals surface area contributed by atoms with Gasteiger partial charge in [0.2, 0.25) is 5.28 Å². The van der Waals surface area contributed by atoms with Gasteiger partial charge in [0.25, 0.3) is 0 Å². The van der Waals surface area contributed by atoms with Crippen molar-refractivity contribution < 1.29 is 9.47 Å². The maximum absolute atomic E-state index is 5.84. The SMILES string of the molecule is COc1ccc(-c2nc(Cl)[nH]c2C)c(OC)c1. The predicted molar refractivity (Wildman–Crippen MR) is 66.9 cm³/mol. The van der Waals surface area contributed by atoms with Gasteiger partial charge in [0.05, 0.1) is 19.9 Å². The average Bonchev–Trinajstić information content (AvgIpc) is 2.67. The van der Waals surface area contributed by atoms with Gasteiger partial charge < -0.3 is 14.5 Å². The van der Waals surface area contributed by atoms with Gasteiger partial charge in [-0.05, 0) is 30.7 Å². The second-order valence-corrected chi connectivity index (χ2v) is 3.93. The number of rotatable bonds is 3. The number of aromatic amines is 1. The third kappa shape index (κ3) is 2.22. The van der Waals surface area contributed by atoms with E-state index >= 15 is 0 Å². The highest BCUT2D eigenvalue weighted by molar-refractivity contribution is 6.28. The highest BCUT2D eigenvalue weighted by Gasteiger charge is 2.13. The molecule has 2 rings (SSSR count). The van der Waals surface area contributed by atoms with Crippen molar-refractivity contribution in [3.8, 4) is 22.8 Å². The van der Waals surface area contributed by atoms with E-state index < -0.39 is 0 Å². The maximum atomic E-state index is 5.84. The molecule has 0 aliphatic rings. The molecule has 1 heterocycles. The summed E-state index contributed by atoms with van der Waals surface area (Å²) < 4.78 is 10.5. The van der Waals surface area contributed by atoms with Crippen LogP contribution in [0.15, 0.2) is 18.2 Å². The quantitative estimate of drug-likeness (QED) is 0.913. The van der Waals surface area contributed by atoms with E-state index in [1.807, 2.05) is 25.1 Å². The molecular weight excluding hydrogens is 240 g/mol. The number of H-pyrrole nitrogens is 1. The van der Waals surface area contributed by atoms with E-state index in [1.54, 1.807) is 14.2 Å². The fourth-order valence-electron chi connectivity index (χ4n) is 1.68. The number of methoxy groups -OCH3 is 2. The molecule has 0 spiro atoms. The van der Waals surface area contributed by atoms with Crippen molar-refractivity contribution in [2.24, 2.45) is 0 Å². The molecule has 1 aromatic heterocycles. The smallest absolute Gasteiger partial charge is 0.200 e. The van der Waals surface area contributed by atoms with Gasteiger partial charge in [0.15, 0.2) is 0 Å². The second kappa shape index (κ2) is 4.67. The number of nitrogens with one attached hydrogen (secondary N) is 1.